The third-order valence-corrected chi connectivity index (χ3v) is 7.52. The Labute approximate surface area is 193 Å². The third kappa shape index (κ3) is 5.58. The number of anilines is 1. The Kier molecular flexibility index (Phi) is 7.05. The number of amides is 1. The third-order valence-electron chi connectivity index (χ3n) is 5.72. The van der Waals surface area contributed by atoms with Gasteiger partial charge in [0.1, 0.15) is 5.82 Å². The molecule has 0 saturated carbocycles. The number of carbonyl (C=O) groups is 1. The largest absolute Gasteiger partial charge is 0.368 e. The lowest BCUT2D eigenvalue weighted by Gasteiger charge is -2.37. The molecule has 1 aliphatic rings. The van der Waals surface area contributed by atoms with Gasteiger partial charge in [0.25, 0.3) is 0 Å². The molecule has 1 fully saturated rings. The molecular formula is C25H26FN3O3S. The van der Waals surface area contributed by atoms with Gasteiger partial charge in [0.15, 0.2) is 0 Å². The van der Waals surface area contributed by atoms with Crippen LogP contribution in [0.2, 0.25) is 0 Å². The van der Waals surface area contributed by atoms with Gasteiger partial charge in [-0.25, -0.2) is 12.8 Å². The second-order valence-corrected chi connectivity index (χ2v) is 9.85. The Morgan fingerprint density at radius 2 is 1.39 bits per heavy atom. The van der Waals surface area contributed by atoms with E-state index in [-0.39, 0.29) is 23.9 Å². The Morgan fingerprint density at radius 3 is 2.00 bits per heavy atom. The van der Waals surface area contributed by atoms with Crippen LogP contribution >= 0.6 is 0 Å². The summed E-state index contributed by atoms with van der Waals surface area (Å²) in [5, 5.41) is 0. The molecule has 1 aliphatic heterocycles. The predicted octanol–water partition coefficient (Wildman–Crippen LogP) is 3.37. The van der Waals surface area contributed by atoms with Gasteiger partial charge >= 0.3 is 0 Å². The van der Waals surface area contributed by atoms with Gasteiger partial charge in [-0.15, -0.1) is 0 Å². The number of hydrogen-bond acceptors (Lipinski definition) is 4. The first-order valence-electron chi connectivity index (χ1n) is 10.8. The normalized spacial score (nSPS) is 14.5. The maximum Gasteiger partial charge on any atom is 0.243 e. The number of halogens is 1. The molecule has 0 unspecified atom stereocenters. The van der Waals surface area contributed by atoms with E-state index in [4.69, 9.17) is 0 Å². The summed E-state index contributed by atoms with van der Waals surface area (Å²) in [6, 6.07) is 23.8. The topological polar surface area (TPSA) is 60.9 Å². The zero-order valence-corrected chi connectivity index (χ0v) is 19.0. The van der Waals surface area contributed by atoms with Gasteiger partial charge in [0, 0.05) is 38.4 Å². The quantitative estimate of drug-likeness (QED) is 0.535. The molecule has 0 spiro atoms. The van der Waals surface area contributed by atoms with Gasteiger partial charge in [0.05, 0.1) is 11.4 Å². The molecule has 8 heteroatoms. The number of sulfonamides is 1. The standard InChI is InChI=1S/C25H26FN3O3S/c26-22-11-13-24(14-12-22)33(31,32)29(19-21-7-3-1-4-8-21)20-25(30)28-17-15-27(16-18-28)23-9-5-2-6-10-23/h1-14H,15-20H2. The van der Waals surface area contributed by atoms with Crippen LogP contribution in [0.15, 0.2) is 89.8 Å². The smallest absolute Gasteiger partial charge is 0.243 e. The number of piperazine rings is 1. The minimum absolute atomic E-state index is 0.0403. The molecule has 1 saturated heterocycles. The minimum Gasteiger partial charge on any atom is -0.368 e. The van der Waals surface area contributed by atoms with E-state index in [0.29, 0.717) is 26.2 Å². The average Bonchev–Trinajstić information content (AvgIpc) is 2.85. The van der Waals surface area contributed by atoms with Crippen molar-refractivity contribution in [2.24, 2.45) is 0 Å². The van der Waals surface area contributed by atoms with Crippen LogP contribution in [-0.2, 0) is 21.4 Å². The van der Waals surface area contributed by atoms with E-state index in [0.717, 1.165) is 23.4 Å². The first kappa shape index (κ1) is 22.9. The average molecular weight is 468 g/mol. The van der Waals surface area contributed by atoms with E-state index in [9.17, 15) is 17.6 Å². The van der Waals surface area contributed by atoms with Gasteiger partial charge in [-0.05, 0) is 42.0 Å². The summed E-state index contributed by atoms with van der Waals surface area (Å²) in [5.41, 5.74) is 1.87. The summed E-state index contributed by atoms with van der Waals surface area (Å²) in [7, 11) is -3.99. The zero-order valence-electron chi connectivity index (χ0n) is 18.2. The molecule has 0 aliphatic carbocycles. The van der Waals surface area contributed by atoms with Crippen molar-refractivity contribution >= 4 is 21.6 Å². The molecule has 0 atom stereocenters. The Bertz CT molecular complexity index is 1160. The van der Waals surface area contributed by atoms with Gasteiger partial charge in [0.2, 0.25) is 15.9 Å². The number of rotatable bonds is 7. The second-order valence-electron chi connectivity index (χ2n) is 7.92. The van der Waals surface area contributed by atoms with Crippen LogP contribution in [0.4, 0.5) is 10.1 Å². The van der Waals surface area contributed by atoms with Gasteiger partial charge in [-0.3, -0.25) is 4.79 Å². The maximum atomic E-state index is 13.4. The Balaban J connectivity index is 1.49. The van der Waals surface area contributed by atoms with Gasteiger partial charge < -0.3 is 9.80 Å². The summed E-state index contributed by atoms with van der Waals surface area (Å²) >= 11 is 0. The van der Waals surface area contributed by atoms with Crippen molar-refractivity contribution in [3.8, 4) is 0 Å². The highest BCUT2D eigenvalue weighted by Crippen LogP contribution is 2.20. The summed E-state index contributed by atoms with van der Waals surface area (Å²) in [5.74, 6) is -0.764. The summed E-state index contributed by atoms with van der Waals surface area (Å²) in [6.45, 7) is 2.17. The highest BCUT2D eigenvalue weighted by molar-refractivity contribution is 7.89. The SMILES string of the molecule is O=C(CN(Cc1ccccc1)S(=O)(=O)c1ccc(F)cc1)N1CCN(c2ccccc2)CC1. The van der Waals surface area contributed by atoms with E-state index >= 15 is 0 Å². The van der Waals surface area contributed by atoms with Crippen LogP contribution < -0.4 is 4.90 Å². The fourth-order valence-electron chi connectivity index (χ4n) is 3.87. The molecule has 33 heavy (non-hydrogen) atoms. The Morgan fingerprint density at radius 1 is 0.818 bits per heavy atom. The lowest BCUT2D eigenvalue weighted by Crippen LogP contribution is -2.51. The first-order chi connectivity index (χ1) is 15.9. The van der Waals surface area contributed by atoms with E-state index in [2.05, 4.69) is 4.90 Å². The van der Waals surface area contributed by atoms with Crippen molar-refractivity contribution in [2.45, 2.75) is 11.4 Å². The summed E-state index contributed by atoms with van der Waals surface area (Å²) in [6.07, 6.45) is 0. The second kappa shape index (κ2) is 10.1. The molecule has 0 bridgehead atoms. The monoisotopic (exact) mass is 467 g/mol. The van der Waals surface area contributed by atoms with Crippen LogP contribution in [-0.4, -0.2) is 56.3 Å². The van der Waals surface area contributed by atoms with Crippen LogP contribution in [0.1, 0.15) is 5.56 Å². The summed E-state index contributed by atoms with van der Waals surface area (Å²) in [4.78, 5) is 17.0. The molecule has 4 rings (SSSR count). The van der Waals surface area contributed by atoms with Crippen molar-refractivity contribution < 1.29 is 17.6 Å². The van der Waals surface area contributed by atoms with Crippen molar-refractivity contribution in [3.05, 3.63) is 96.3 Å². The van der Waals surface area contributed by atoms with E-state index in [1.54, 1.807) is 4.90 Å². The van der Waals surface area contributed by atoms with Crippen molar-refractivity contribution in [3.63, 3.8) is 0 Å². The van der Waals surface area contributed by atoms with Gasteiger partial charge in [-0.2, -0.15) is 4.31 Å². The fourth-order valence-corrected chi connectivity index (χ4v) is 5.25. The zero-order chi connectivity index (χ0) is 23.3. The molecule has 1 heterocycles. The lowest BCUT2D eigenvalue weighted by molar-refractivity contribution is -0.131. The summed E-state index contributed by atoms with van der Waals surface area (Å²) < 4.78 is 41.2. The highest BCUT2D eigenvalue weighted by atomic mass is 32.2. The highest BCUT2D eigenvalue weighted by Gasteiger charge is 2.30. The predicted molar refractivity (Wildman–Crippen MR) is 126 cm³/mol. The molecule has 172 valence electrons. The van der Waals surface area contributed by atoms with Crippen LogP contribution in [0.5, 0.6) is 0 Å². The molecule has 0 radical (unpaired) electrons. The van der Waals surface area contributed by atoms with Crippen LogP contribution in [0.3, 0.4) is 0 Å². The van der Waals surface area contributed by atoms with E-state index < -0.39 is 15.8 Å². The molecule has 0 N–H and O–H groups in total. The molecule has 0 aromatic heterocycles. The van der Waals surface area contributed by atoms with Crippen molar-refractivity contribution in [1.82, 2.24) is 9.21 Å². The molecule has 1 amide bonds. The van der Waals surface area contributed by atoms with Crippen molar-refractivity contribution in [2.75, 3.05) is 37.6 Å². The number of hydrogen-bond donors (Lipinski definition) is 0. The number of nitrogens with zero attached hydrogens (tertiary/aromatic N) is 3. The van der Waals surface area contributed by atoms with Gasteiger partial charge in [-0.1, -0.05) is 48.5 Å². The molecular weight excluding hydrogens is 441 g/mol. The fraction of sp³-hybridized carbons (Fsp3) is 0.240. The number of benzene rings is 3. The van der Waals surface area contributed by atoms with Crippen LogP contribution in [0.25, 0.3) is 0 Å². The lowest BCUT2D eigenvalue weighted by atomic mass is 10.2. The van der Waals surface area contributed by atoms with Crippen molar-refractivity contribution in [1.29, 1.82) is 0 Å². The molecule has 6 nitrogen and oxygen atoms in total. The Hall–Kier alpha value is -3.23. The number of para-hydroxylation sites is 1. The van der Waals surface area contributed by atoms with E-state index in [1.807, 2.05) is 60.7 Å². The van der Waals surface area contributed by atoms with Crippen LogP contribution in [0, 0.1) is 5.82 Å². The first-order valence-corrected chi connectivity index (χ1v) is 12.2. The minimum atomic E-state index is -3.99. The molecule has 3 aromatic rings. The number of carbonyl (C=O) groups excluding carboxylic acids is 1. The van der Waals surface area contributed by atoms with E-state index in [1.165, 1.54) is 16.4 Å². The molecule has 3 aromatic carbocycles. The maximum absolute atomic E-state index is 13.4.